The van der Waals surface area contributed by atoms with Gasteiger partial charge in [0.25, 0.3) is 0 Å². The van der Waals surface area contributed by atoms with Crippen LogP contribution >= 0.6 is 27.7 Å². The molecule has 1 heterocycles. The number of anilines is 1. The van der Waals surface area contributed by atoms with E-state index in [-0.39, 0.29) is 11.3 Å². The predicted molar refractivity (Wildman–Crippen MR) is 115 cm³/mol. The van der Waals surface area contributed by atoms with Gasteiger partial charge in [-0.2, -0.15) is 0 Å². The molecular formula is C22H18BrNO2S. The van der Waals surface area contributed by atoms with E-state index in [9.17, 15) is 4.79 Å². The first-order valence-corrected chi connectivity index (χ1v) is 10.5. The van der Waals surface area contributed by atoms with Gasteiger partial charge in [0.2, 0.25) is 5.91 Å². The average Bonchev–Trinajstić information content (AvgIpc) is 3.07. The molecule has 0 unspecified atom stereocenters. The van der Waals surface area contributed by atoms with Gasteiger partial charge >= 0.3 is 0 Å². The van der Waals surface area contributed by atoms with E-state index in [1.54, 1.807) is 11.8 Å². The zero-order valence-electron chi connectivity index (χ0n) is 14.8. The Morgan fingerprint density at radius 2 is 1.78 bits per heavy atom. The molecule has 3 aromatic carbocycles. The highest BCUT2D eigenvalue weighted by atomic mass is 79.9. The molecule has 0 aromatic heterocycles. The molecule has 1 fully saturated rings. The highest BCUT2D eigenvalue weighted by Gasteiger charge is 2.34. The minimum atomic E-state index is -0.0580. The van der Waals surface area contributed by atoms with Crippen molar-refractivity contribution in [2.45, 2.75) is 12.3 Å². The van der Waals surface area contributed by atoms with Crippen LogP contribution in [-0.2, 0) is 4.79 Å². The van der Waals surface area contributed by atoms with Crippen molar-refractivity contribution in [2.24, 2.45) is 0 Å². The van der Waals surface area contributed by atoms with E-state index >= 15 is 0 Å². The van der Waals surface area contributed by atoms with Crippen LogP contribution < -0.4 is 9.64 Å². The van der Waals surface area contributed by atoms with Crippen LogP contribution in [0.5, 0.6) is 11.5 Å². The van der Waals surface area contributed by atoms with Crippen molar-refractivity contribution in [3.63, 3.8) is 0 Å². The molecule has 3 aromatic rings. The monoisotopic (exact) mass is 439 g/mol. The Morgan fingerprint density at radius 1 is 1.00 bits per heavy atom. The van der Waals surface area contributed by atoms with E-state index in [4.69, 9.17) is 4.74 Å². The van der Waals surface area contributed by atoms with Crippen molar-refractivity contribution in [3.8, 4) is 11.5 Å². The van der Waals surface area contributed by atoms with E-state index in [0.29, 0.717) is 5.75 Å². The summed E-state index contributed by atoms with van der Waals surface area (Å²) in [6.07, 6.45) is 0. The summed E-state index contributed by atoms with van der Waals surface area (Å²) < 4.78 is 7.00. The number of carbonyl (C=O) groups is 1. The number of amides is 1. The van der Waals surface area contributed by atoms with Crippen molar-refractivity contribution >= 4 is 39.3 Å². The molecule has 1 aliphatic rings. The summed E-state index contributed by atoms with van der Waals surface area (Å²) in [5.41, 5.74) is 3.09. The zero-order chi connectivity index (χ0) is 18.8. The first-order valence-electron chi connectivity index (χ1n) is 8.64. The van der Waals surface area contributed by atoms with Crippen molar-refractivity contribution in [3.05, 3.63) is 88.4 Å². The summed E-state index contributed by atoms with van der Waals surface area (Å²) in [7, 11) is 0. The number of hydrogen-bond donors (Lipinski definition) is 0. The van der Waals surface area contributed by atoms with Gasteiger partial charge in [-0.25, -0.2) is 0 Å². The van der Waals surface area contributed by atoms with E-state index in [2.05, 4.69) is 15.9 Å². The highest BCUT2D eigenvalue weighted by molar-refractivity contribution is 9.10. The first-order chi connectivity index (χ1) is 13.1. The maximum Gasteiger partial charge on any atom is 0.238 e. The van der Waals surface area contributed by atoms with E-state index < -0.39 is 0 Å². The Hall–Kier alpha value is -2.24. The largest absolute Gasteiger partial charge is 0.457 e. The molecule has 0 N–H and O–H groups in total. The molecule has 1 atom stereocenters. The molecule has 1 amide bonds. The van der Waals surface area contributed by atoms with Crippen LogP contribution in [0.1, 0.15) is 16.5 Å². The topological polar surface area (TPSA) is 29.5 Å². The number of thioether (sulfide) groups is 1. The molecule has 0 bridgehead atoms. The van der Waals surface area contributed by atoms with Crippen LogP contribution in [0.2, 0.25) is 0 Å². The molecule has 27 heavy (non-hydrogen) atoms. The molecule has 3 nitrogen and oxygen atoms in total. The number of aryl methyl sites for hydroxylation is 1. The minimum absolute atomic E-state index is 0.0580. The number of nitrogens with zero attached hydrogens (tertiary/aromatic N) is 1. The SMILES string of the molecule is Cc1cc(N2C(=O)CS[C@H]2c2cccc(Oc3ccccc3)c2)ccc1Br. The van der Waals surface area contributed by atoms with Crippen LogP contribution in [-0.4, -0.2) is 11.7 Å². The van der Waals surface area contributed by atoms with Crippen molar-refractivity contribution in [1.29, 1.82) is 0 Å². The zero-order valence-corrected chi connectivity index (χ0v) is 17.2. The number of carbonyl (C=O) groups excluding carboxylic acids is 1. The maximum atomic E-state index is 12.6. The molecule has 5 heteroatoms. The van der Waals surface area contributed by atoms with Crippen LogP contribution in [0, 0.1) is 6.92 Å². The fourth-order valence-electron chi connectivity index (χ4n) is 3.08. The number of para-hydroxylation sites is 1. The van der Waals surface area contributed by atoms with Crippen LogP contribution in [0.15, 0.2) is 77.3 Å². The summed E-state index contributed by atoms with van der Waals surface area (Å²) >= 11 is 5.17. The average molecular weight is 440 g/mol. The smallest absolute Gasteiger partial charge is 0.238 e. The van der Waals surface area contributed by atoms with Gasteiger partial charge < -0.3 is 4.74 Å². The van der Waals surface area contributed by atoms with Gasteiger partial charge in [-0.1, -0.05) is 46.3 Å². The van der Waals surface area contributed by atoms with Crippen LogP contribution in [0.4, 0.5) is 5.69 Å². The molecule has 1 aliphatic heterocycles. The maximum absolute atomic E-state index is 12.6. The Morgan fingerprint density at radius 3 is 2.56 bits per heavy atom. The lowest BCUT2D eigenvalue weighted by atomic mass is 10.1. The summed E-state index contributed by atoms with van der Waals surface area (Å²) in [4.78, 5) is 14.5. The molecule has 0 aliphatic carbocycles. The lowest BCUT2D eigenvalue weighted by Crippen LogP contribution is -2.27. The predicted octanol–water partition coefficient (Wildman–Crippen LogP) is 6.33. The molecular weight excluding hydrogens is 422 g/mol. The van der Waals surface area contributed by atoms with Crippen molar-refractivity contribution < 1.29 is 9.53 Å². The number of halogens is 1. The second kappa shape index (κ2) is 7.79. The Kier molecular flexibility index (Phi) is 5.23. The van der Waals surface area contributed by atoms with Gasteiger partial charge in [-0.3, -0.25) is 9.69 Å². The molecule has 136 valence electrons. The normalized spacial score (nSPS) is 16.6. The summed E-state index contributed by atoms with van der Waals surface area (Å²) in [6, 6.07) is 23.7. The van der Waals surface area contributed by atoms with Gasteiger partial charge in [0.05, 0.1) is 5.75 Å². The summed E-state index contributed by atoms with van der Waals surface area (Å²) in [5, 5.41) is -0.0580. The van der Waals surface area contributed by atoms with Gasteiger partial charge in [-0.05, 0) is 60.5 Å². The van der Waals surface area contributed by atoms with Crippen LogP contribution in [0.3, 0.4) is 0 Å². The fraction of sp³-hybridized carbons (Fsp3) is 0.136. The number of ether oxygens (including phenoxy) is 1. The Labute approximate surface area is 171 Å². The molecule has 4 rings (SSSR count). The van der Waals surface area contributed by atoms with Crippen molar-refractivity contribution in [2.75, 3.05) is 10.7 Å². The molecule has 0 spiro atoms. The lowest BCUT2D eigenvalue weighted by molar-refractivity contribution is -0.115. The number of hydrogen-bond acceptors (Lipinski definition) is 3. The highest BCUT2D eigenvalue weighted by Crippen LogP contribution is 2.43. The quantitative estimate of drug-likeness (QED) is 0.475. The second-order valence-corrected chi connectivity index (χ2v) is 8.27. The van der Waals surface area contributed by atoms with Crippen LogP contribution in [0.25, 0.3) is 0 Å². The first kappa shape index (κ1) is 18.1. The van der Waals surface area contributed by atoms with Gasteiger partial charge in [0, 0.05) is 10.2 Å². The van der Waals surface area contributed by atoms with Gasteiger partial charge in [0.1, 0.15) is 16.9 Å². The summed E-state index contributed by atoms with van der Waals surface area (Å²) in [5.74, 6) is 2.17. The third-order valence-electron chi connectivity index (χ3n) is 4.41. The molecule has 0 saturated carbocycles. The third-order valence-corrected chi connectivity index (χ3v) is 6.51. The standard InChI is InChI=1S/C22H18BrNO2S/c1-15-12-17(10-11-20(15)23)24-21(25)14-27-22(24)16-6-5-9-19(13-16)26-18-7-3-2-4-8-18/h2-13,22H,14H2,1H3/t22-/m0/s1. The molecule has 0 radical (unpaired) electrons. The van der Waals surface area contributed by atoms with E-state index in [1.807, 2.05) is 84.6 Å². The van der Waals surface area contributed by atoms with E-state index in [0.717, 1.165) is 32.8 Å². The molecule has 1 saturated heterocycles. The second-order valence-electron chi connectivity index (χ2n) is 6.35. The Bertz CT molecular complexity index is 977. The van der Waals surface area contributed by atoms with Gasteiger partial charge in [-0.15, -0.1) is 11.8 Å². The number of benzene rings is 3. The van der Waals surface area contributed by atoms with Gasteiger partial charge in [0.15, 0.2) is 0 Å². The van der Waals surface area contributed by atoms with E-state index in [1.165, 1.54) is 0 Å². The third kappa shape index (κ3) is 3.89. The fourth-order valence-corrected chi connectivity index (χ4v) is 4.50. The lowest BCUT2D eigenvalue weighted by Gasteiger charge is -2.25. The minimum Gasteiger partial charge on any atom is -0.457 e. The number of rotatable bonds is 4. The Balaban J connectivity index is 1.64. The summed E-state index contributed by atoms with van der Waals surface area (Å²) in [6.45, 7) is 2.03. The van der Waals surface area contributed by atoms with Crippen molar-refractivity contribution in [1.82, 2.24) is 0 Å².